The van der Waals surface area contributed by atoms with Crippen LogP contribution in [0.3, 0.4) is 0 Å². The Balaban J connectivity index is 1.29. The molecule has 0 unspecified atom stereocenters. The van der Waals surface area contributed by atoms with Gasteiger partial charge in [-0.15, -0.1) is 0 Å². The summed E-state index contributed by atoms with van der Waals surface area (Å²) in [5, 5.41) is 2.30. The molecule has 0 aliphatic heterocycles. The number of hydrogen-bond acceptors (Lipinski definition) is 2. The quantitative estimate of drug-likeness (QED) is 0.176. The molecular weight excluding hydrogens is 751 g/mol. The molecule has 0 N–H and O–H groups in total. The fourth-order valence-corrected chi connectivity index (χ4v) is 10.7. The van der Waals surface area contributed by atoms with Crippen molar-refractivity contribution >= 4 is 39.0 Å². The Hall–Kier alpha value is -5.86. The highest BCUT2D eigenvalue weighted by atomic mass is 16.3. The highest BCUT2D eigenvalue weighted by molar-refractivity contribution is 6.13. The van der Waals surface area contributed by atoms with Gasteiger partial charge in [-0.1, -0.05) is 181 Å². The summed E-state index contributed by atoms with van der Waals surface area (Å²) in [6, 6.07) is 50.7. The van der Waals surface area contributed by atoms with Gasteiger partial charge in [-0.05, 0) is 120 Å². The molecule has 62 heavy (non-hydrogen) atoms. The maximum Gasteiger partial charge on any atom is 0.143 e. The van der Waals surface area contributed by atoms with Crippen LogP contribution in [0.25, 0.3) is 55.3 Å². The summed E-state index contributed by atoms with van der Waals surface area (Å²) >= 11 is 0. The van der Waals surface area contributed by atoms with Crippen molar-refractivity contribution in [2.24, 2.45) is 0 Å². The summed E-state index contributed by atoms with van der Waals surface area (Å²) in [7, 11) is 0. The van der Waals surface area contributed by atoms with Gasteiger partial charge in [0.25, 0.3) is 0 Å². The van der Waals surface area contributed by atoms with Crippen molar-refractivity contribution in [1.29, 1.82) is 0 Å². The average molecular weight is 812 g/mol. The number of benzene rings is 7. The molecule has 7 aromatic carbocycles. The topological polar surface area (TPSA) is 16.4 Å². The van der Waals surface area contributed by atoms with Gasteiger partial charge >= 0.3 is 0 Å². The van der Waals surface area contributed by atoms with Gasteiger partial charge in [0.1, 0.15) is 11.2 Å². The first-order valence-corrected chi connectivity index (χ1v) is 22.6. The van der Waals surface area contributed by atoms with E-state index in [1.807, 2.05) is 0 Å². The van der Waals surface area contributed by atoms with Crippen molar-refractivity contribution in [2.45, 2.75) is 117 Å². The zero-order chi connectivity index (χ0) is 43.9. The molecular formula is C60H61NO. The molecule has 10 rings (SSSR count). The van der Waals surface area contributed by atoms with Crippen LogP contribution in [0.15, 0.2) is 138 Å². The van der Waals surface area contributed by atoms with Crippen molar-refractivity contribution < 1.29 is 4.42 Å². The van der Waals surface area contributed by atoms with E-state index in [4.69, 9.17) is 4.42 Å². The SMILES string of the molecule is CC(C)(C)c1cc(C(C)(C)C)c2oc3c(-c4ccccc4)cc(N(c4ccc5c(c4)C(C)(C)c4ccccc4-5)c4ccc5c(c4)C(C)(C)c4cccc(C(C)(C)C)c4-5)cc3c2c1. The van der Waals surface area contributed by atoms with Gasteiger partial charge in [-0.25, -0.2) is 0 Å². The van der Waals surface area contributed by atoms with Crippen LogP contribution < -0.4 is 4.90 Å². The van der Waals surface area contributed by atoms with Crippen LogP contribution in [-0.2, 0) is 27.1 Å². The maximum absolute atomic E-state index is 7.18. The third-order valence-electron chi connectivity index (χ3n) is 14.2. The van der Waals surface area contributed by atoms with E-state index in [9.17, 15) is 0 Å². The monoisotopic (exact) mass is 811 g/mol. The molecule has 0 fully saturated rings. The van der Waals surface area contributed by atoms with E-state index in [-0.39, 0.29) is 27.1 Å². The minimum Gasteiger partial charge on any atom is -0.455 e. The van der Waals surface area contributed by atoms with Gasteiger partial charge in [0.05, 0.1) is 0 Å². The zero-order valence-corrected chi connectivity index (χ0v) is 39.1. The van der Waals surface area contributed by atoms with E-state index in [0.29, 0.717) is 0 Å². The molecule has 312 valence electrons. The summed E-state index contributed by atoms with van der Waals surface area (Å²) < 4.78 is 7.18. The Kier molecular flexibility index (Phi) is 8.64. The van der Waals surface area contributed by atoms with Crippen LogP contribution in [0.1, 0.15) is 129 Å². The molecule has 0 saturated carbocycles. The van der Waals surface area contributed by atoms with Gasteiger partial charge < -0.3 is 9.32 Å². The summed E-state index contributed by atoms with van der Waals surface area (Å²) in [6.07, 6.45) is 0. The van der Waals surface area contributed by atoms with Crippen molar-refractivity contribution in [2.75, 3.05) is 4.90 Å². The fraction of sp³-hybridized carbons (Fsp3) is 0.300. The summed E-state index contributed by atoms with van der Waals surface area (Å²) in [5.41, 5.74) is 21.9. The molecule has 2 aliphatic rings. The van der Waals surface area contributed by atoms with Crippen LogP contribution in [0.2, 0.25) is 0 Å². The maximum atomic E-state index is 7.18. The first-order chi connectivity index (χ1) is 29.2. The van der Waals surface area contributed by atoms with Gasteiger partial charge in [0.15, 0.2) is 0 Å². The van der Waals surface area contributed by atoms with Gasteiger partial charge in [0, 0.05) is 49.8 Å². The summed E-state index contributed by atoms with van der Waals surface area (Å²) in [6.45, 7) is 30.5. The van der Waals surface area contributed by atoms with E-state index in [2.05, 4.69) is 228 Å². The first kappa shape index (κ1) is 40.2. The Labute approximate surface area is 369 Å². The van der Waals surface area contributed by atoms with Gasteiger partial charge in [-0.3, -0.25) is 0 Å². The molecule has 0 radical (unpaired) electrons. The van der Waals surface area contributed by atoms with Crippen LogP contribution in [0.5, 0.6) is 0 Å². The second-order valence-electron chi connectivity index (χ2n) is 22.3. The smallest absolute Gasteiger partial charge is 0.143 e. The van der Waals surface area contributed by atoms with Crippen molar-refractivity contribution in [3.63, 3.8) is 0 Å². The number of fused-ring (bicyclic) bond motifs is 9. The molecule has 0 amide bonds. The second kappa shape index (κ2) is 13.3. The lowest BCUT2D eigenvalue weighted by atomic mass is 9.79. The highest BCUT2D eigenvalue weighted by Gasteiger charge is 2.40. The molecule has 0 atom stereocenters. The van der Waals surface area contributed by atoms with Crippen LogP contribution in [0.4, 0.5) is 17.1 Å². The van der Waals surface area contributed by atoms with Crippen molar-refractivity contribution in [3.8, 4) is 33.4 Å². The molecule has 8 aromatic rings. The lowest BCUT2D eigenvalue weighted by Gasteiger charge is -2.30. The summed E-state index contributed by atoms with van der Waals surface area (Å²) in [5.74, 6) is 0. The van der Waals surface area contributed by atoms with E-state index in [1.165, 1.54) is 66.6 Å². The number of rotatable bonds is 4. The lowest BCUT2D eigenvalue weighted by Crippen LogP contribution is -2.18. The molecule has 0 saturated heterocycles. The molecule has 1 aromatic heterocycles. The number of furan rings is 1. The molecule has 0 spiro atoms. The predicted octanol–water partition coefficient (Wildman–Crippen LogP) is 17.2. The molecule has 2 aliphatic carbocycles. The lowest BCUT2D eigenvalue weighted by molar-refractivity contribution is 0.559. The Morgan fingerprint density at radius 2 is 0.968 bits per heavy atom. The summed E-state index contributed by atoms with van der Waals surface area (Å²) in [4.78, 5) is 2.52. The first-order valence-electron chi connectivity index (χ1n) is 22.6. The Morgan fingerprint density at radius 1 is 0.403 bits per heavy atom. The average Bonchev–Trinajstić information content (AvgIpc) is 3.79. The number of anilines is 3. The third-order valence-corrected chi connectivity index (χ3v) is 14.2. The van der Waals surface area contributed by atoms with Crippen LogP contribution in [-0.4, -0.2) is 0 Å². The van der Waals surface area contributed by atoms with E-state index >= 15 is 0 Å². The molecule has 2 heteroatoms. The van der Waals surface area contributed by atoms with E-state index in [0.717, 1.165) is 44.7 Å². The fourth-order valence-electron chi connectivity index (χ4n) is 10.7. The van der Waals surface area contributed by atoms with Gasteiger partial charge in [0.2, 0.25) is 0 Å². The molecule has 1 heterocycles. The standard InChI is InChI=1S/C60H61NO/c1-56(2,3)37-30-45-46-33-40(32-44(36-20-15-14-16-21-36)54(46)62-55(45)52(31-37)58(7,8)9)61(38-26-28-42-41-22-17-18-23-47(41)59(10,11)50(42)34-38)39-27-29-43-51(35-39)60(12,13)49-25-19-24-48(53(43)49)57(4,5)6/h14-35H,1-13H3. The highest BCUT2D eigenvalue weighted by Crippen LogP contribution is 2.55. The van der Waals surface area contributed by atoms with E-state index < -0.39 is 0 Å². The van der Waals surface area contributed by atoms with Crippen molar-refractivity contribution in [3.05, 3.63) is 172 Å². The zero-order valence-electron chi connectivity index (χ0n) is 39.1. The molecule has 2 nitrogen and oxygen atoms in total. The largest absolute Gasteiger partial charge is 0.455 e. The second-order valence-corrected chi connectivity index (χ2v) is 22.3. The minimum atomic E-state index is -0.179. The normalized spacial score (nSPS) is 15.1. The third kappa shape index (κ3) is 6.04. The predicted molar refractivity (Wildman–Crippen MR) is 265 cm³/mol. The Bertz CT molecular complexity index is 3110. The molecule has 0 bridgehead atoms. The number of hydrogen-bond donors (Lipinski definition) is 0. The van der Waals surface area contributed by atoms with Gasteiger partial charge in [-0.2, -0.15) is 0 Å². The van der Waals surface area contributed by atoms with Crippen LogP contribution in [0, 0.1) is 0 Å². The van der Waals surface area contributed by atoms with Crippen molar-refractivity contribution in [1.82, 2.24) is 0 Å². The minimum absolute atomic E-state index is 0.0128. The Morgan fingerprint density at radius 3 is 1.63 bits per heavy atom. The van der Waals surface area contributed by atoms with Crippen LogP contribution >= 0.6 is 0 Å². The number of nitrogens with zero attached hydrogens (tertiary/aromatic N) is 1. The van der Waals surface area contributed by atoms with E-state index in [1.54, 1.807) is 0 Å².